The molecule has 0 unspecified atom stereocenters. The van der Waals surface area contributed by atoms with Crippen molar-refractivity contribution in [3.63, 3.8) is 0 Å². The molecular weight excluding hydrogens is 402 g/mol. The first kappa shape index (κ1) is 19.0. The molecule has 1 N–H and O–H groups in total. The highest BCUT2D eigenvalue weighted by Crippen LogP contribution is 2.28. The van der Waals surface area contributed by atoms with Gasteiger partial charge in [-0.2, -0.15) is 0 Å². The number of aromatic nitrogens is 3. The number of amides is 1. The van der Waals surface area contributed by atoms with E-state index < -0.39 is 5.69 Å². The third-order valence-electron chi connectivity index (χ3n) is 5.93. The van der Waals surface area contributed by atoms with Gasteiger partial charge in [0.2, 0.25) is 5.91 Å². The number of hydrogen-bond donors (Lipinski definition) is 1. The molecule has 9 heteroatoms. The van der Waals surface area contributed by atoms with E-state index >= 15 is 0 Å². The maximum atomic E-state index is 12.8. The van der Waals surface area contributed by atoms with Gasteiger partial charge in [-0.15, -0.1) is 0 Å². The Hall–Kier alpha value is -2.94. The van der Waals surface area contributed by atoms with E-state index in [9.17, 15) is 14.4 Å². The van der Waals surface area contributed by atoms with Crippen molar-refractivity contribution >= 4 is 38.4 Å². The molecule has 0 radical (unpaired) electrons. The van der Waals surface area contributed by atoms with Gasteiger partial charge >= 0.3 is 5.69 Å². The molecule has 0 atom stereocenters. The maximum Gasteiger partial charge on any atom is 0.332 e. The minimum atomic E-state index is -0.533. The number of carbonyl (C=O) groups is 1. The smallest absolute Gasteiger partial charge is 0.332 e. The lowest BCUT2D eigenvalue weighted by molar-refractivity contribution is -0.116. The van der Waals surface area contributed by atoms with Crippen molar-refractivity contribution in [3.05, 3.63) is 50.2 Å². The minimum Gasteiger partial charge on any atom is -0.348 e. The first-order chi connectivity index (χ1) is 14.5. The summed E-state index contributed by atoms with van der Waals surface area (Å²) in [4.78, 5) is 44.8. The molecule has 0 saturated carbocycles. The van der Waals surface area contributed by atoms with E-state index in [4.69, 9.17) is 0 Å². The van der Waals surface area contributed by atoms with Crippen molar-refractivity contribution in [1.29, 1.82) is 0 Å². The Morgan fingerprint density at radius 1 is 1.13 bits per heavy atom. The van der Waals surface area contributed by atoms with Crippen LogP contribution in [0.3, 0.4) is 0 Å². The Labute approximate surface area is 176 Å². The summed E-state index contributed by atoms with van der Waals surface area (Å²) in [6.07, 6.45) is 5.42. The van der Waals surface area contributed by atoms with Gasteiger partial charge in [-0.25, -0.2) is 9.78 Å². The summed E-state index contributed by atoms with van der Waals surface area (Å²) in [5.41, 5.74) is 2.72. The monoisotopic (exact) mass is 425 g/mol. The van der Waals surface area contributed by atoms with Crippen molar-refractivity contribution in [3.8, 4) is 0 Å². The summed E-state index contributed by atoms with van der Waals surface area (Å²) < 4.78 is 2.76. The predicted molar refractivity (Wildman–Crippen MR) is 118 cm³/mol. The van der Waals surface area contributed by atoms with Gasteiger partial charge < -0.3 is 10.2 Å². The van der Waals surface area contributed by atoms with Crippen molar-refractivity contribution in [2.75, 3.05) is 23.3 Å². The molecule has 1 aromatic carbocycles. The molecule has 1 saturated heterocycles. The van der Waals surface area contributed by atoms with Crippen LogP contribution in [0, 0.1) is 0 Å². The number of hydrogen-bond acceptors (Lipinski definition) is 6. The summed E-state index contributed by atoms with van der Waals surface area (Å²) in [6.45, 7) is 1.59. The van der Waals surface area contributed by atoms with Gasteiger partial charge in [-0.3, -0.25) is 18.7 Å². The summed E-state index contributed by atoms with van der Waals surface area (Å²) in [6, 6.07) is 5.96. The summed E-state index contributed by atoms with van der Waals surface area (Å²) in [5.74, 6) is -0.314. The lowest BCUT2D eigenvalue weighted by Gasteiger charge is -2.12. The first-order valence-corrected chi connectivity index (χ1v) is 11.1. The highest BCUT2D eigenvalue weighted by Gasteiger charge is 2.22. The third kappa shape index (κ3) is 3.23. The van der Waals surface area contributed by atoms with Crippen LogP contribution in [0.15, 0.2) is 27.8 Å². The quantitative estimate of drug-likeness (QED) is 0.690. The zero-order chi connectivity index (χ0) is 20.8. The molecular formula is C21H23N5O3S. The van der Waals surface area contributed by atoms with E-state index in [0.717, 1.165) is 60.6 Å². The summed E-state index contributed by atoms with van der Waals surface area (Å²) in [7, 11) is 1.44. The highest BCUT2D eigenvalue weighted by atomic mass is 32.1. The van der Waals surface area contributed by atoms with Crippen LogP contribution in [0.1, 0.15) is 30.4 Å². The van der Waals surface area contributed by atoms with Crippen LogP contribution >= 0.6 is 11.3 Å². The van der Waals surface area contributed by atoms with Gasteiger partial charge in [-0.05, 0) is 55.4 Å². The molecule has 1 fully saturated rings. The lowest BCUT2D eigenvalue weighted by Crippen LogP contribution is -2.39. The Kier molecular flexibility index (Phi) is 4.69. The molecule has 156 valence electrons. The molecule has 30 heavy (non-hydrogen) atoms. The van der Waals surface area contributed by atoms with E-state index in [-0.39, 0.29) is 18.0 Å². The molecule has 8 nitrogen and oxygen atoms in total. The van der Waals surface area contributed by atoms with E-state index in [0.29, 0.717) is 10.3 Å². The maximum absolute atomic E-state index is 12.8. The van der Waals surface area contributed by atoms with Crippen LogP contribution in [0.4, 0.5) is 10.8 Å². The van der Waals surface area contributed by atoms with Gasteiger partial charge in [0.15, 0.2) is 10.8 Å². The molecule has 3 aromatic rings. The number of fused-ring (bicyclic) bond motifs is 2. The number of aryl methyl sites for hydroxylation is 2. The minimum absolute atomic E-state index is 0.191. The van der Waals surface area contributed by atoms with Crippen LogP contribution in [-0.4, -0.2) is 33.1 Å². The van der Waals surface area contributed by atoms with Crippen LogP contribution in [0.5, 0.6) is 0 Å². The second kappa shape index (κ2) is 7.39. The number of benzene rings is 1. The van der Waals surface area contributed by atoms with Gasteiger partial charge in [-0.1, -0.05) is 17.4 Å². The molecule has 3 heterocycles. The second-order valence-electron chi connectivity index (χ2n) is 7.96. The average molecular weight is 426 g/mol. The number of rotatable bonds is 4. The Bertz CT molecular complexity index is 1270. The summed E-state index contributed by atoms with van der Waals surface area (Å²) >= 11 is 1.29. The molecule has 0 bridgehead atoms. The third-order valence-corrected chi connectivity index (χ3v) is 7.02. The van der Waals surface area contributed by atoms with Gasteiger partial charge in [0, 0.05) is 25.8 Å². The van der Waals surface area contributed by atoms with Crippen molar-refractivity contribution in [1.82, 2.24) is 14.1 Å². The number of nitrogens with zero attached hydrogens (tertiary/aromatic N) is 4. The van der Waals surface area contributed by atoms with Crippen LogP contribution in [0.2, 0.25) is 0 Å². The fourth-order valence-corrected chi connectivity index (χ4v) is 5.41. The van der Waals surface area contributed by atoms with E-state index in [2.05, 4.69) is 21.3 Å². The van der Waals surface area contributed by atoms with Gasteiger partial charge in [0.05, 0.1) is 0 Å². The van der Waals surface area contributed by atoms with E-state index in [1.807, 2.05) is 12.1 Å². The molecule has 5 rings (SSSR count). The van der Waals surface area contributed by atoms with Crippen LogP contribution in [-0.2, 0) is 31.2 Å². The first-order valence-electron chi connectivity index (χ1n) is 10.3. The number of thiazole rings is 1. The molecule has 0 spiro atoms. The molecule has 1 aliphatic heterocycles. The SMILES string of the molecule is Cn1c(=O)c2sc(N3CCCC3)nc2n(CC(=O)Nc2ccc3c(c2)CCC3)c1=O. The fourth-order valence-electron chi connectivity index (χ4n) is 4.31. The zero-order valence-corrected chi connectivity index (χ0v) is 17.6. The Balaban J connectivity index is 1.47. The number of carbonyl (C=O) groups excluding carboxylic acids is 1. The average Bonchev–Trinajstić information content (AvgIpc) is 3.49. The second-order valence-corrected chi connectivity index (χ2v) is 8.94. The topological polar surface area (TPSA) is 89.2 Å². The van der Waals surface area contributed by atoms with Crippen molar-refractivity contribution in [2.24, 2.45) is 7.05 Å². The normalized spacial score (nSPS) is 15.7. The molecule has 1 amide bonds. The van der Waals surface area contributed by atoms with E-state index in [1.54, 1.807) is 0 Å². The Morgan fingerprint density at radius 2 is 1.90 bits per heavy atom. The summed E-state index contributed by atoms with van der Waals surface area (Å²) in [5, 5.41) is 3.62. The standard InChI is InChI=1S/C21H23N5O3S/c1-24-19(28)17-18(23-20(30-17)25-9-2-3-10-25)26(21(24)29)12-16(27)22-15-8-7-13-5-4-6-14(13)11-15/h7-8,11H,2-6,9-10,12H2,1H3,(H,22,27). The number of nitrogens with one attached hydrogen (secondary N) is 1. The largest absolute Gasteiger partial charge is 0.348 e. The van der Waals surface area contributed by atoms with Gasteiger partial charge in [0.25, 0.3) is 5.56 Å². The molecule has 2 aliphatic rings. The number of anilines is 2. The predicted octanol–water partition coefficient (Wildman–Crippen LogP) is 1.88. The molecule has 1 aliphatic carbocycles. The van der Waals surface area contributed by atoms with E-state index in [1.165, 1.54) is 34.1 Å². The van der Waals surface area contributed by atoms with Crippen molar-refractivity contribution in [2.45, 2.75) is 38.6 Å². The van der Waals surface area contributed by atoms with Gasteiger partial charge in [0.1, 0.15) is 11.2 Å². The van der Waals surface area contributed by atoms with Crippen LogP contribution < -0.4 is 21.5 Å². The van der Waals surface area contributed by atoms with Crippen molar-refractivity contribution < 1.29 is 4.79 Å². The fraction of sp³-hybridized carbons (Fsp3) is 0.429. The lowest BCUT2D eigenvalue weighted by atomic mass is 10.1. The van der Waals surface area contributed by atoms with Crippen LogP contribution in [0.25, 0.3) is 10.3 Å². The zero-order valence-electron chi connectivity index (χ0n) is 16.8. The Morgan fingerprint density at radius 3 is 2.70 bits per heavy atom. The highest BCUT2D eigenvalue weighted by molar-refractivity contribution is 7.22. The molecule has 2 aromatic heterocycles.